The van der Waals surface area contributed by atoms with Crippen molar-refractivity contribution in [3.63, 3.8) is 0 Å². The average molecular weight is 591 g/mol. The van der Waals surface area contributed by atoms with Gasteiger partial charge >= 0.3 is 5.97 Å². The lowest BCUT2D eigenvalue weighted by atomic mass is 10.0. The SMILES string of the molecule is CCOC(=O)C1=C(C)N=c2sc(=Cc3cn(-c4ccccc4)nc3-c3ccc(F)cc3)c(=O)n2C1C=Cc1ccccc1. The van der Waals surface area contributed by atoms with Crippen LogP contribution in [0.4, 0.5) is 4.39 Å². The quantitative estimate of drug-likeness (QED) is 0.236. The molecular weight excluding hydrogens is 563 g/mol. The first kappa shape index (κ1) is 28.0. The molecule has 0 spiro atoms. The van der Waals surface area contributed by atoms with E-state index >= 15 is 0 Å². The molecule has 1 atom stereocenters. The van der Waals surface area contributed by atoms with E-state index in [1.807, 2.05) is 79.0 Å². The maximum atomic E-state index is 14.0. The minimum absolute atomic E-state index is 0.201. The summed E-state index contributed by atoms with van der Waals surface area (Å²) in [5.41, 5.74) is 4.27. The molecule has 1 aliphatic rings. The highest BCUT2D eigenvalue weighted by molar-refractivity contribution is 7.07. The molecule has 6 rings (SSSR count). The van der Waals surface area contributed by atoms with Gasteiger partial charge in [-0.2, -0.15) is 5.10 Å². The Bertz CT molecular complexity index is 2040. The van der Waals surface area contributed by atoms with E-state index in [9.17, 15) is 14.0 Å². The molecule has 0 saturated heterocycles. The first-order chi connectivity index (χ1) is 20.9. The smallest absolute Gasteiger partial charge is 0.338 e. The van der Waals surface area contributed by atoms with Gasteiger partial charge in [-0.25, -0.2) is 18.9 Å². The highest BCUT2D eigenvalue weighted by atomic mass is 32.1. The molecule has 0 radical (unpaired) electrons. The predicted molar refractivity (Wildman–Crippen MR) is 166 cm³/mol. The molecule has 1 aliphatic heterocycles. The Morgan fingerprint density at radius 3 is 2.42 bits per heavy atom. The van der Waals surface area contributed by atoms with E-state index in [0.717, 1.165) is 11.3 Å². The second-order valence-corrected chi connectivity index (χ2v) is 10.8. The summed E-state index contributed by atoms with van der Waals surface area (Å²) in [6.45, 7) is 3.70. The first-order valence-electron chi connectivity index (χ1n) is 13.8. The van der Waals surface area contributed by atoms with E-state index in [1.165, 1.54) is 28.0 Å². The van der Waals surface area contributed by atoms with Crippen LogP contribution in [0.3, 0.4) is 0 Å². The Hall–Kier alpha value is -5.15. The maximum Gasteiger partial charge on any atom is 0.338 e. The maximum absolute atomic E-state index is 14.0. The Morgan fingerprint density at radius 2 is 1.72 bits per heavy atom. The van der Waals surface area contributed by atoms with Gasteiger partial charge in [0.1, 0.15) is 11.5 Å². The van der Waals surface area contributed by atoms with E-state index in [1.54, 1.807) is 36.7 Å². The molecule has 0 aliphatic carbocycles. The van der Waals surface area contributed by atoms with Crippen molar-refractivity contribution in [2.45, 2.75) is 19.9 Å². The van der Waals surface area contributed by atoms with Crippen molar-refractivity contribution in [2.24, 2.45) is 4.99 Å². The lowest BCUT2D eigenvalue weighted by Crippen LogP contribution is -2.38. The fourth-order valence-corrected chi connectivity index (χ4v) is 6.01. The summed E-state index contributed by atoms with van der Waals surface area (Å²) in [7, 11) is 0. The van der Waals surface area contributed by atoms with E-state index < -0.39 is 12.0 Å². The molecule has 0 N–H and O–H groups in total. The number of halogens is 1. The Morgan fingerprint density at radius 1 is 1.02 bits per heavy atom. The molecule has 3 aromatic carbocycles. The third kappa shape index (κ3) is 5.67. The van der Waals surface area contributed by atoms with Gasteiger partial charge in [-0.3, -0.25) is 9.36 Å². The number of rotatable bonds is 7. The van der Waals surface area contributed by atoms with E-state index in [-0.39, 0.29) is 18.0 Å². The first-order valence-corrected chi connectivity index (χ1v) is 14.6. The molecule has 0 amide bonds. The largest absolute Gasteiger partial charge is 0.463 e. The van der Waals surface area contributed by atoms with Gasteiger partial charge in [-0.05, 0) is 61.9 Å². The van der Waals surface area contributed by atoms with E-state index in [0.29, 0.717) is 37.4 Å². The Kier molecular flexibility index (Phi) is 7.81. The van der Waals surface area contributed by atoms with Gasteiger partial charge in [-0.15, -0.1) is 0 Å². The number of thiazole rings is 1. The summed E-state index contributed by atoms with van der Waals surface area (Å²) in [5.74, 6) is -0.860. The number of allylic oxidation sites excluding steroid dienone is 2. The molecule has 9 heteroatoms. The monoisotopic (exact) mass is 590 g/mol. The van der Waals surface area contributed by atoms with Crippen LogP contribution in [0.25, 0.3) is 29.1 Å². The summed E-state index contributed by atoms with van der Waals surface area (Å²) >= 11 is 1.24. The molecule has 1 unspecified atom stereocenters. The zero-order chi connectivity index (χ0) is 29.9. The topological polar surface area (TPSA) is 78.5 Å². The summed E-state index contributed by atoms with van der Waals surface area (Å²) in [5, 5.41) is 4.79. The van der Waals surface area contributed by atoms with Crippen LogP contribution in [-0.2, 0) is 9.53 Å². The van der Waals surface area contributed by atoms with Gasteiger partial charge < -0.3 is 4.74 Å². The van der Waals surface area contributed by atoms with Gasteiger partial charge in [0, 0.05) is 17.3 Å². The standard InChI is InChI=1S/C34H27FN4O3S/c1-3-42-33(41)30-22(2)36-34-39(28(30)19-14-23-10-6-4-7-11-23)32(40)29(43-34)20-25-21-38(27-12-8-5-9-13-27)37-31(25)24-15-17-26(35)18-16-24/h4-21,28H,3H2,1-2H3. The lowest BCUT2D eigenvalue weighted by Gasteiger charge is -2.21. The van der Waals surface area contributed by atoms with Gasteiger partial charge in [-0.1, -0.05) is 72.0 Å². The molecule has 2 aromatic heterocycles. The zero-order valence-electron chi connectivity index (χ0n) is 23.5. The van der Waals surface area contributed by atoms with Gasteiger partial charge in [0.2, 0.25) is 0 Å². The number of hydrogen-bond donors (Lipinski definition) is 0. The molecular formula is C34H27FN4O3S. The molecule has 5 aromatic rings. The van der Waals surface area contributed by atoms with Gasteiger partial charge in [0.15, 0.2) is 4.80 Å². The summed E-state index contributed by atoms with van der Waals surface area (Å²) in [4.78, 5) is 32.2. The third-order valence-corrected chi connectivity index (χ3v) is 7.98. The number of nitrogens with zero attached hydrogens (tertiary/aromatic N) is 4. The van der Waals surface area contributed by atoms with Crippen LogP contribution in [0, 0.1) is 5.82 Å². The van der Waals surface area contributed by atoms with Crippen molar-refractivity contribution in [3.05, 3.63) is 145 Å². The molecule has 0 fully saturated rings. The minimum Gasteiger partial charge on any atom is -0.463 e. The number of fused-ring (bicyclic) bond motifs is 1. The number of aromatic nitrogens is 3. The van der Waals surface area contributed by atoms with Crippen molar-refractivity contribution in [2.75, 3.05) is 6.61 Å². The van der Waals surface area contributed by atoms with Crippen molar-refractivity contribution in [1.82, 2.24) is 14.3 Å². The van der Waals surface area contributed by atoms with Crippen molar-refractivity contribution < 1.29 is 13.9 Å². The highest BCUT2D eigenvalue weighted by Gasteiger charge is 2.30. The predicted octanol–water partition coefficient (Wildman–Crippen LogP) is 5.46. The van der Waals surface area contributed by atoms with Gasteiger partial charge in [0.25, 0.3) is 5.56 Å². The van der Waals surface area contributed by atoms with Crippen molar-refractivity contribution >= 4 is 29.5 Å². The van der Waals surface area contributed by atoms with Crippen LogP contribution in [0.15, 0.2) is 118 Å². The zero-order valence-corrected chi connectivity index (χ0v) is 24.3. The molecule has 0 bridgehead atoms. The van der Waals surface area contributed by atoms with E-state index in [2.05, 4.69) is 4.99 Å². The average Bonchev–Trinajstić information content (AvgIpc) is 3.57. The molecule has 214 valence electrons. The van der Waals surface area contributed by atoms with Crippen LogP contribution in [0.5, 0.6) is 0 Å². The fourth-order valence-electron chi connectivity index (χ4n) is 4.96. The fraction of sp³-hybridized carbons (Fsp3) is 0.118. The Balaban J connectivity index is 1.52. The Labute approximate surface area is 250 Å². The third-order valence-electron chi connectivity index (χ3n) is 7.00. The number of benzene rings is 3. The van der Waals surface area contributed by atoms with Crippen LogP contribution in [-0.4, -0.2) is 26.9 Å². The van der Waals surface area contributed by atoms with E-state index in [4.69, 9.17) is 9.84 Å². The number of ether oxygens (including phenoxy) is 1. The molecule has 0 saturated carbocycles. The summed E-state index contributed by atoms with van der Waals surface area (Å²) in [6.07, 6.45) is 7.33. The molecule has 3 heterocycles. The van der Waals surface area contributed by atoms with Crippen LogP contribution < -0.4 is 14.9 Å². The number of esters is 1. The normalized spacial score (nSPS) is 15.0. The summed E-state index contributed by atoms with van der Waals surface area (Å²) in [6, 6.07) is 24.7. The van der Waals surface area contributed by atoms with Crippen molar-refractivity contribution in [3.8, 4) is 16.9 Å². The van der Waals surface area contributed by atoms with Crippen LogP contribution in [0.1, 0.15) is 31.0 Å². The second-order valence-electron chi connectivity index (χ2n) is 9.83. The molecule has 7 nitrogen and oxygen atoms in total. The van der Waals surface area contributed by atoms with Crippen molar-refractivity contribution in [1.29, 1.82) is 0 Å². The number of hydrogen-bond acceptors (Lipinski definition) is 6. The second kappa shape index (κ2) is 12.0. The minimum atomic E-state index is -0.707. The number of para-hydroxylation sites is 1. The number of carbonyl (C=O) groups excluding carboxylic acids is 1. The highest BCUT2D eigenvalue weighted by Crippen LogP contribution is 2.27. The van der Waals surface area contributed by atoms with Gasteiger partial charge in [0.05, 0.1) is 34.1 Å². The lowest BCUT2D eigenvalue weighted by molar-refractivity contribution is -0.139. The molecule has 43 heavy (non-hydrogen) atoms. The number of carbonyl (C=O) groups is 1. The van der Waals surface area contributed by atoms with Crippen LogP contribution >= 0.6 is 11.3 Å². The van der Waals surface area contributed by atoms with Crippen LogP contribution in [0.2, 0.25) is 0 Å². The summed E-state index contributed by atoms with van der Waals surface area (Å²) < 4.78 is 22.8.